The average Bonchev–Trinajstić information content (AvgIpc) is 2.28. The van der Waals surface area contributed by atoms with E-state index in [0.717, 1.165) is 23.7 Å². The Kier molecular flexibility index (Phi) is 7.30. The number of hydrogen-bond acceptors (Lipinski definition) is 4. The standard InChI is InChI=1S/C12H24N2S.C3H9N/c1-6-14-10-9(13)11(2,3)7-15-8-12(10,4)5;1-3(2)4/h14H,6-8,13H2,1-5H3;3H,4H2,1-2H3. The monoisotopic (exact) mass is 287 g/mol. The lowest BCUT2D eigenvalue weighted by molar-refractivity contribution is 0.435. The van der Waals surface area contributed by atoms with Gasteiger partial charge in [0.1, 0.15) is 0 Å². The van der Waals surface area contributed by atoms with Crippen LogP contribution in [0.25, 0.3) is 0 Å². The van der Waals surface area contributed by atoms with Gasteiger partial charge in [0.05, 0.1) is 0 Å². The summed E-state index contributed by atoms with van der Waals surface area (Å²) in [4.78, 5) is 0. The Morgan fingerprint density at radius 1 is 1.16 bits per heavy atom. The van der Waals surface area contributed by atoms with E-state index < -0.39 is 0 Å². The Labute approximate surface area is 124 Å². The lowest BCUT2D eigenvalue weighted by atomic mass is 9.82. The van der Waals surface area contributed by atoms with Crippen molar-refractivity contribution >= 4 is 11.8 Å². The second kappa shape index (κ2) is 7.44. The van der Waals surface area contributed by atoms with Crippen molar-refractivity contribution in [2.45, 2.75) is 54.5 Å². The highest BCUT2D eigenvalue weighted by Crippen LogP contribution is 2.41. The smallest absolute Gasteiger partial charge is 0.0369 e. The molecule has 0 fully saturated rings. The van der Waals surface area contributed by atoms with E-state index in [2.05, 4.69) is 39.9 Å². The molecular formula is C15H33N3S. The molecule has 0 aromatic heterocycles. The molecule has 5 N–H and O–H groups in total. The molecule has 1 aliphatic rings. The van der Waals surface area contributed by atoms with E-state index in [1.807, 2.05) is 25.6 Å². The summed E-state index contributed by atoms with van der Waals surface area (Å²) in [7, 11) is 0. The van der Waals surface area contributed by atoms with E-state index in [1.54, 1.807) is 0 Å². The van der Waals surface area contributed by atoms with E-state index in [1.165, 1.54) is 5.70 Å². The van der Waals surface area contributed by atoms with Crippen molar-refractivity contribution in [3.63, 3.8) is 0 Å². The van der Waals surface area contributed by atoms with Crippen LogP contribution >= 0.6 is 11.8 Å². The van der Waals surface area contributed by atoms with Gasteiger partial charge in [0.15, 0.2) is 0 Å². The van der Waals surface area contributed by atoms with Crippen molar-refractivity contribution in [3.8, 4) is 0 Å². The van der Waals surface area contributed by atoms with Gasteiger partial charge in [0.2, 0.25) is 0 Å². The third kappa shape index (κ3) is 6.09. The molecule has 3 nitrogen and oxygen atoms in total. The molecule has 0 amide bonds. The summed E-state index contributed by atoms with van der Waals surface area (Å²) in [6, 6.07) is 0.333. The Morgan fingerprint density at radius 3 is 2.00 bits per heavy atom. The Hall–Kier alpha value is -0.350. The van der Waals surface area contributed by atoms with Crippen LogP contribution in [0.2, 0.25) is 0 Å². The first-order valence-corrected chi connectivity index (χ1v) is 8.28. The number of nitrogens with two attached hydrogens (primary N) is 2. The molecule has 0 saturated carbocycles. The van der Waals surface area contributed by atoms with Gasteiger partial charge in [-0.05, 0) is 13.0 Å². The topological polar surface area (TPSA) is 64.1 Å². The third-order valence-electron chi connectivity index (χ3n) is 2.95. The second-order valence-corrected chi connectivity index (χ2v) is 7.81. The van der Waals surface area contributed by atoms with Crippen LogP contribution in [0, 0.1) is 10.8 Å². The van der Waals surface area contributed by atoms with Gasteiger partial charge >= 0.3 is 0 Å². The van der Waals surface area contributed by atoms with Crippen molar-refractivity contribution in [2.75, 3.05) is 18.1 Å². The maximum Gasteiger partial charge on any atom is 0.0369 e. The van der Waals surface area contributed by atoms with E-state index >= 15 is 0 Å². The van der Waals surface area contributed by atoms with E-state index in [0.29, 0.717) is 6.04 Å². The zero-order valence-corrected chi connectivity index (χ0v) is 14.6. The van der Waals surface area contributed by atoms with Crippen molar-refractivity contribution < 1.29 is 0 Å². The van der Waals surface area contributed by atoms with Gasteiger partial charge in [-0.15, -0.1) is 0 Å². The summed E-state index contributed by atoms with van der Waals surface area (Å²) in [6.45, 7) is 16.0. The van der Waals surface area contributed by atoms with E-state index in [-0.39, 0.29) is 10.8 Å². The number of thioether (sulfide) groups is 1. The van der Waals surface area contributed by atoms with Crippen LogP contribution < -0.4 is 16.8 Å². The van der Waals surface area contributed by atoms with E-state index in [4.69, 9.17) is 11.5 Å². The van der Waals surface area contributed by atoms with Crippen molar-refractivity contribution in [1.82, 2.24) is 5.32 Å². The molecule has 0 aromatic carbocycles. The Morgan fingerprint density at radius 2 is 1.58 bits per heavy atom. The molecule has 0 bridgehead atoms. The van der Waals surface area contributed by atoms with Crippen molar-refractivity contribution in [2.24, 2.45) is 22.3 Å². The molecule has 0 saturated heterocycles. The molecule has 0 radical (unpaired) electrons. The molecule has 19 heavy (non-hydrogen) atoms. The number of nitrogens with one attached hydrogen (secondary N) is 1. The Balaban J connectivity index is 0.000000711. The average molecular weight is 288 g/mol. The van der Waals surface area contributed by atoms with Gasteiger partial charge in [0, 0.05) is 40.3 Å². The van der Waals surface area contributed by atoms with Crippen LogP contribution in [-0.4, -0.2) is 24.1 Å². The summed E-state index contributed by atoms with van der Waals surface area (Å²) in [5, 5.41) is 3.46. The predicted molar refractivity (Wildman–Crippen MR) is 89.1 cm³/mol. The SMILES string of the molecule is CC(C)N.CCNC1=C(N)C(C)(C)CSCC1(C)C. The van der Waals surface area contributed by atoms with Gasteiger partial charge in [-0.1, -0.05) is 41.5 Å². The van der Waals surface area contributed by atoms with Crippen molar-refractivity contribution in [1.29, 1.82) is 0 Å². The molecule has 1 aliphatic heterocycles. The molecule has 4 heteroatoms. The summed E-state index contributed by atoms with van der Waals surface area (Å²) >= 11 is 2.00. The summed E-state index contributed by atoms with van der Waals surface area (Å²) in [5.74, 6) is 2.25. The first-order chi connectivity index (χ1) is 8.54. The van der Waals surface area contributed by atoms with Gasteiger partial charge in [-0.2, -0.15) is 11.8 Å². The second-order valence-electron chi connectivity index (χ2n) is 6.82. The summed E-state index contributed by atoms with van der Waals surface area (Å²) in [5.41, 5.74) is 14.0. The lowest BCUT2D eigenvalue weighted by Gasteiger charge is -2.30. The Bertz CT molecular complexity index is 304. The molecular weight excluding hydrogens is 254 g/mol. The normalized spacial score (nSPS) is 21.5. The fourth-order valence-electron chi connectivity index (χ4n) is 1.93. The van der Waals surface area contributed by atoms with Crippen molar-refractivity contribution in [3.05, 3.63) is 11.4 Å². The molecule has 0 spiro atoms. The molecule has 114 valence electrons. The zero-order chi connectivity index (χ0) is 15.3. The van der Waals surface area contributed by atoms with Crippen LogP contribution in [-0.2, 0) is 0 Å². The fourth-order valence-corrected chi connectivity index (χ4v) is 3.35. The minimum atomic E-state index is 0.107. The maximum absolute atomic E-state index is 6.32. The number of hydrogen-bond donors (Lipinski definition) is 3. The highest BCUT2D eigenvalue weighted by atomic mass is 32.2. The van der Waals surface area contributed by atoms with Crippen LogP contribution in [0.5, 0.6) is 0 Å². The van der Waals surface area contributed by atoms with Gasteiger partial charge in [-0.3, -0.25) is 0 Å². The first kappa shape index (κ1) is 18.7. The van der Waals surface area contributed by atoms with Gasteiger partial charge in [-0.25, -0.2) is 0 Å². The minimum absolute atomic E-state index is 0.107. The van der Waals surface area contributed by atoms with Crippen LogP contribution in [0.4, 0.5) is 0 Å². The van der Waals surface area contributed by atoms with Crippen LogP contribution in [0.1, 0.15) is 48.5 Å². The molecule has 0 aromatic rings. The molecule has 0 unspecified atom stereocenters. The summed E-state index contributed by atoms with van der Waals surface area (Å²) in [6.07, 6.45) is 0. The molecule has 1 rings (SSSR count). The number of allylic oxidation sites excluding steroid dienone is 2. The highest BCUT2D eigenvalue weighted by molar-refractivity contribution is 7.99. The van der Waals surface area contributed by atoms with Crippen LogP contribution in [0.15, 0.2) is 11.4 Å². The summed E-state index contributed by atoms with van der Waals surface area (Å²) < 4.78 is 0. The minimum Gasteiger partial charge on any atom is -0.400 e. The number of rotatable bonds is 2. The fraction of sp³-hybridized carbons (Fsp3) is 0.867. The molecule has 0 atom stereocenters. The van der Waals surface area contributed by atoms with Gasteiger partial charge < -0.3 is 16.8 Å². The van der Waals surface area contributed by atoms with Crippen LogP contribution in [0.3, 0.4) is 0 Å². The molecule has 1 heterocycles. The molecule has 0 aliphatic carbocycles. The van der Waals surface area contributed by atoms with E-state index in [9.17, 15) is 0 Å². The largest absolute Gasteiger partial charge is 0.400 e. The van der Waals surface area contributed by atoms with Gasteiger partial charge in [0.25, 0.3) is 0 Å². The maximum atomic E-state index is 6.32. The lowest BCUT2D eigenvalue weighted by Crippen LogP contribution is -2.34. The first-order valence-electron chi connectivity index (χ1n) is 7.12. The third-order valence-corrected chi connectivity index (χ3v) is 4.81. The zero-order valence-electron chi connectivity index (χ0n) is 13.8. The highest BCUT2D eigenvalue weighted by Gasteiger charge is 2.35. The quantitative estimate of drug-likeness (QED) is 0.731. The predicted octanol–water partition coefficient (Wildman–Crippen LogP) is 2.92.